The van der Waals surface area contributed by atoms with Gasteiger partial charge in [0.15, 0.2) is 0 Å². The summed E-state index contributed by atoms with van der Waals surface area (Å²) >= 11 is 0. The van der Waals surface area contributed by atoms with Crippen LogP contribution >= 0.6 is 0 Å². The first-order chi connectivity index (χ1) is 13.7. The standard InChI is InChI=1S/C18H6F2N2O7/c19-7-3-1-5-9-11(7)13(23)15(25)21(9)17(27)29-18(28)22-10-6-2-4-8(20)12(10)14(24)16(22)26/h1-6H. The number of amides is 4. The molecule has 2 aromatic rings. The molecule has 2 aliphatic heterocycles. The van der Waals surface area contributed by atoms with Crippen molar-refractivity contribution >= 4 is 46.9 Å². The van der Waals surface area contributed by atoms with E-state index >= 15 is 0 Å². The van der Waals surface area contributed by atoms with Crippen molar-refractivity contribution in [3.8, 4) is 0 Å². The molecular formula is C18H6F2N2O7. The van der Waals surface area contributed by atoms with E-state index in [4.69, 9.17) is 0 Å². The number of halogens is 2. The van der Waals surface area contributed by atoms with Crippen LogP contribution in [0.5, 0.6) is 0 Å². The predicted octanol–water partition coefficient (Wildman–Crippen LogP) is 1.98. The summed E-state index contributed by atoms with van der Waals surface area (Å²) in [7, 11) is 0. The molecule has 0 spiro atoms. The number of hydrogen-bond acceptors (Lipinski definition) is 7. The Morgan fingerprint density at radius 3 is 1.45 bits per heavy atom. The molecule has 0 saturated heterocycles. The number of hydrogen-bond donors (Lipinski definition) is 0. The summed E-state index contributed by atoms with van der Waals surface area (Å²) in [6.45, 7) is 0. The molecule has 4 amide bonds. The van der Waals surface area contributed by atoms with Gasteiger partial charge in [0.25, 0.3) is 11.6 Å². The van der Waals surface area contributed by atoms with Gasteiger partial charge in [-0.2, -0.15) is 0 Å². The van der Waals surface area contributed by atoms with Gasteiger partial charge in [0.05, 0.1) is 22.5 Å². The van der Waals surface area contributed by atoms with E-state index in [1.54, 1.807) is 0 Å². The molecule has 0 radical (unpaired) electrons. The van der Waals surface area contributed by atoms with E-state index in [9.17, 15) is 37.5 Å². The van der Waals surface area contributed by atoms with E-state index in [0.29, 0.717) is 0 Å². The van der Waals surface area contributed by atoms with Crippen molar-refractivity contribution in [2.75, 3.05) is 9.80 Å². The molecule has 0 N–H and O–H groups in total. The Kier molecular flexibility index (Phi) is 3.82. The quantitative estimate of drug-likeness (QED) is 0.490. The van der Waals surface area contributed by atoms with Crippen LogP contribution in [-0.4, -0.2) is 35.6 Å². The van der Waals surface area contributed by atoms with Crippen LogP contribution in [-0.2, 0) is 14.3 Å². The Balaban J connectivity index is 1.65. The molecule has 0 aromatic heterocycles. The van der Waals surface area contributed by atoms with Gasteiger partial charge in [0, 0.05) is 0 Å². The second-order valence-corrected chi connectivity index (χ2v) is 5.84. The van der Waals surface area contributed by atoms with Crippen LogP contribution in [0.1, 0.15) is 20.7 Å². The largest absolute Gasteiger partial charge is 0.430 e. The number of fused-ring (bicyclic) bond motifs is 2. The van der Waals surface area contributed by atoms with Gasteiger partial charge in [-0.25, -0.2) is 28.2 Å². The van der Waals surface area contributed by atoms with Gasteiger partial charge in [-0.15, -0.1) is 0 Å². The molecule has 0 aliphatic carbocycles. The summed E-state index contributed by atoms with van der Waals surface area (Å²) in [5, 5.41) is 0. The van der Waals surface area contributed by atoms with E-state index in [1.165, 1.54) is 0 Å². The Hall–Kier alpha value is -4.28. The minimum atomic E-state index is -1.71. The Bertz CT molecular complexity index is 1100. The maximum atomic E-state index is 13.8. The molecule has 11 heteroatoms. The van der Waals surface area contributed by atoms with Crippen LogP contribution in [0.15, 0.2) is 36.4 Å². The van der Waals surface area contributed by atoms with Crippen molar-refractivity contribution < 1.29 is 42.3 Å². The maximum absolute atomic E-state index is 13.8. The number of ketones is 2. The van der Waals surface area contributed by atoms with Crippen LogP contribution in [0, 0.1) is 11.6 Å². The fourth-order valence-corrected chi connectivity index (χ4v) is 3.01. The first kappa shape index (κ1) is 18.1. The fourth-order valence-electron chi connectivity index (χ4n) is 3.01. The van der Waals surface area contributed by atoms with E-state index in [-0.39, 0.29) is 9.80 Å². The zero-order chi connectivity index (χ0) is 21.0. The van der Waals surface area contributed by atoms with Crippen LogP contribution in [0.4, 0.5) is 29.7 Å². The Morgan fingerprint density at radius 1 is 0.690 bits per heavy atom. The van der Waals surface area contributed by atoms with E-state index in [1.807, 2.05) is 0 Å². The van der Waals surface area contributed by atoms with E-state index < -0.39 is 69.7 Å². The van der Waals surface area contributed by atoms with Crippen LogP contribution in [0.25, 0.3) is 0 Å². The van der Waals surface area contributed by atoms with Crippen LogP contribution in [0.2, 0.25) is 0 Å². The molecule has 9 nitrogen and oxygen atoms in total. The van der Waals surface area contributed by atoms with Crippen molar-refractivity contribution in [2.45, 2.75) is 0 Å². The summed E-state index contributed by atoms with van der Waals surface area (Å²) in [5.74, 6) is -7.74. The molecule has 29 heavy (non-hydrogen) atoms. The predicted molar refractivity (Wildman–Crippen MR) is 88.3 cm³/mol. The normalized spacial score (nSPS) is 15.0. The molecule has 0 fully saturated rings. The molecule has 0 saturated carbocycles. The third-order valence-corrected chi connectivity index (χ3v) is 4.25. The lowest BCUT2D eigenvalue weighted by atomic mass is 10.1. The highest BCUT2D eigenvalue weighted by atomic mass is 19.1. The van der Waals surface area contributed by atoms with Crippen molar-refractivity contribution in [3.05, 3.63) is 59.2 Å². The zero-order valence-electron chi connectivity index (χ0n) is 14.0. The molecule has 144 valence electrons. The number of nitrogens with zero attached hydrogens (tertiary/aromatic N) is 2. The number of carbonyl (C=O) groups is 6. The van der Waals surface area contributed by atoms with Gasteiger partial charge < -0.3 is 4.74 Å². The summed E-state index contributed by atoms with van der Waals surface area (Å²) < 4.78 is 32.1. The van der Waals surface area contributed by atoms with Crippen molar-refractivity contribution in [2.24, 2.45) is 0 Å². The first-order valence-corrected chi connectivity index (χ1v) is 7.84. The number of Topliss-reactive ketones (excluding diaryl/α,β-unsaturated/α-hetero) is 2. The number of carbonyl (C=O) groups excluding carboxylic acids is 6. The van der Waals surface area contributed by atoms with Crippen molar-refractivity contribution in [1.29, 1.82) is 0 Å². The summed E-state index contributed by atoms with van der Waals surface area (Å²) in [6.07, 6.45) is -3.41. The Labute approximate surface area is 159 Å². The minimum absolute atomic E-state index is 0.119. The number of anilines is 2. The molecular weight excluding hydrogens is 394 g/mol. The average molecular weight is 400 g/mol. The van der Waals surface area contributed by atoms with Crippen LogP contribution < -0.4 is 9.80 Å². The fraction of sp³-hybridized carbons (Fsp3) is 0. The highest BCUT2D eigenvalue weighted by Gasteiger charge is 2.46. The lowest BCUT2D eigenvalue weighted by Gasteiger charge is -2.17. The van der Waals surface area contributed by atoms with Crippen LogP contribution in [0.3, 0.4) is 0 Å². The first-order valence-electron chi connectivity index (χ1n) is 7.84. The average Bonchev–Trinajstić information content (AvgIpc) is 3.08. The molecule has 4 rings (SSSR count). The minimum Gasteiger partial charge on any atom is -0.358 e. The Morgan fingerprint density at radius 2 is 1.07 bits per heavy atom. The third-order valence-electron chi connectivity index (χ3n) is 4.25. The summed E-state index contributed by atoms with van der Waals surface area (Å²) in [6, 6.07) is 6.16. The van der Waals surface area contributed by atoms with Crippen molar-refractivity contribution in [3.63, 3.8) is 0 Å². The summed E-state index contributed by atoms with van der Waals surface area (Å²) in [4.78, 5) is 72.7. The number of benzene rings is 2. The molecule has 0 bridgehead atoms. The molecule has 2 heterocycles. The molecule has 0 atom stereocenters. The number of rotatable bonds is 0. The molecule has 2 aliphatic rings. The van der Waals surface area contributed by atoms with Gasteiger partial charge in [0.1, 0.15) is 11.6 Å². The van der Waals surface area contributed by atoms with Gasteiger partial charge >= 0.3 is 24.0 Å². The highest BCUT2D eigenvalue weighted by molar-refractivity contribution is 6.57. The van der Waals surface area contributed by atoms with Gasteiger partial charge in [0.2, 0.25) is 0 Å². The molecule has 0 unspecified atom stereocenters. The van der Waals surface area contributed by atoms with Gasteiger partial charge in [-0.3, -0.25) is 19.2 Å². The zero-order valence-corrected chi connectivity index (χ0v) is 14.0. The number of ether oxygens (including phenoxy) is 1. The summed E-state index contributed by atoms with van der Waals surface area (Å²) in [5.41, 5.74) is -2.26. The van der Waals surface area contributed by atoms with Crippen molar-refractivity contribution in [1.82, 2.24) is 0 Å². The van der Waals surface area contributed by atoms with Gasteiger partial charge in [-0.1, -0.05) is 12.1 Å². The second kappa shape index (κ2) is 6.12. The van der Waals surface area contributed by atoms with Gasteiger partial charge in [-0.05, 0) is 24.3 Å². The smallest absolute Gasteiger partial charge is 0.358 e. The lowest BCUT2D eigenvalue weighted by Crippen LogP contribution is -2.42. The topological polar surface area (TPSA) is 118 Å². The third kappa shape index (κ3) is 2.44. The highest BCUT2D eigenvalue weighted by Crippen LogP contribution is 2.33. The number of imide groups is 2. The monoisotopic (exact) mass is 400 g/mol. The van der Waals surface area contributed by atoms with E-state index in [0.717, 1.165) is 36.4 Å². The maximum Gasteiger partial charge on any atom is 0.430 e. The SMILES string of the molecule is O=C1C(=O)N(C(=O)OC(=O)N2C(=O)C(=O)c3c(F)cccc32)c2cccc(F)c21. The second-order valence-electron chi connectivity index (χ2n) is 5.84. The lowest BCUT2D eigenvalue weighted by molar-refractivity contribution is -0.114. The molecule has 2 aromatic carbocycles. The van der Waals surface area contributed by atoms with E-state index in [2.05, 4.69) is 4.74 Å².